The summed E-state index contributed by atoms with van der Waals surface area (Å²) in [5.41, 5.74) is 6.20. The second-order valence-corrected chi connectivity index (χ2v) is 3.06. The lowest BCUT2D eigenvalue weighted by Gasteiger charge is -2.07. The number of rotatable bonds is 2. The Hall–Kier alpha value is -1.13. The van der Waals surface area contributed by atoms with Crippen molar-refractivity contribution in [2.75, 3.05) is 0 Å². The molecule has 0 aliphatic heterocycles. The molecular formula is C8H9ClN2O2. The van der Waals surface area contributed by atoms with E-state index in [1.807, 2.05) is 0 Å². The predicted octanol–water partition coefficient (Wildman–Crippen LogP) is 1.45. The average molecular weight is 201 g/mol. The highest BCUT2D eigenvalue weighted by molar-refractivity contribution is 6.30. The summed E-state index contributed by atoms with van der Waals surface area (Å²) in [7, 11) is 0. The van der Waals surface area contributed by atoms with E-state index in [-0.39, 0.29) is 16.8 Å². The maximum Gasteiger partial charge on any atom is 0.337 e. The summed E-state index contributed by atoms with van der Waals surface area (Å²) < 4.78 is 0. The van der Waals surface area contributed by atoms with Crippen LogP contribution in [-0.4, -0.2) is 16.1 Å². The van der Waals surface area contributed by atoms with E-state index in [1.165, 1.54) is 12.3 Å². The third-order valence-corrected chi connectivity index (χ3v) is 1.92. The van der Waals surface area contributed by atoms with E-state index in [9.17, 15) is 4.79 Å². The van der Waals surface area contributed by atoms with Crippen LogP contribution >= 0.6 is 11.6 Å². The van der Waals surface area contributed by atoms with Crippen LogP contribution in [0.4, 0.5) is 0 Å². The van der Waals surface area contributed by atoms with Crippen molar-refractivity contribution in [3.8, 4) is 0 Å². The Bertz CT molecular complexity index is 339. The second-order valence-electron chi connectivity index (χ2n) is 2.70. The van der Waals surface area contributed by atoms with Crippen molar-refractivity contribution < 1.29 is 9.90 Å². The zero-order valence-electron chi connectivity index (χ0n) is 6.99. The minimum atomic E-state index is -1.04. The summed E-state index contributed by atoms with van der Waals surface area (Å²) in [5.74, 6) is -1.04. The summed E-state index contributed by atoms with van der Waals surface area (Å²) in [6.07, 6.45) is 1.20. The molecule has 0 aliphatic carbocycles. The number of carboxylic acid groups (broad SMARTS) is 1. The van der Waals surface area contributed by atoms with E-state index in [4.69, 9.17) is 22.4 Å². The molecule has 13 heavy (non-hydrogen) atoms. The lowest BCUT2D eigenvalue weighted by molar-refractivity contribution is 0.0696. The smallest absolute Gasteiger partial charge is 0.337 e. The molecule has 3 N–H and O–H groups in total. The van der Waals surface area contributed by atoms with Crippen LogP contribution in [0.5, 0.6) is 0 Å². The minimum absolute atomic E-state index is 0.0942. The Kier molecular flexibility index (Phi) is 2.85. The third kappa shape index (κ3) is 2.17. The molecule has 1 unspecified atom stereocenters. The molecule has 1 aromatic heterocycles. The van der Waals surface area contributed by atoms with E-state index in [0.29, 0.717) is 5.56 Å². The molecule has 0 radical (unpaired) electrons. The van der Waals surface area contributed by atoms with Gasteiger partial charge in [-0.2, -0.15) is 0 Å². The van der Waals surface area contributed by atoms with Gasteiger partial charge in [0.2, 0.25) is 0 Å². The highest BCUT2D eigenvalue weighted by Crippen LogP contribution is 2.19. The van der Waals surface area contributed by atoms with Crippen LogP contribution in [0.15, 0.2) is 12.3 Å². The fraction of sp³-hybridized carbons (Fsp3) is 0.250. The fourth-order valence-corrected chi connectivity index (χ4v) is 1.18. The molecule has 0 bridgehead atoms. The Balaban J connectivity index is 3.19. The van der Waals surface area contributed by atoms with E-state index < -0.39 is 5.97 Å². The molecule has 0 amide bonds. The first kappa shape index (κ1) is 9.95. The van der Waals surface area contributed by atoms with Crippen LogP contribution in [0, 0.1) is 0 Å². The van der Waals surface area contributed by atoms with Gasteiger partial charge in [-0.15, -0.1) is 0 Å². The largest absolute Gasteiger partial charge is 0.478 e. The topological polar surface area (TPSA) is 76.2 Å². The number of aromatic carboxylic acids is 1. The van der Waals surface area contributed by atoms with Crippen LogP contribution < -0.4 is 5.73 Å². The second kappa shape index (κ2) is 3.72. The highest BCUT2D eigenvalue weighted by atomic mass is 35.5. The zero-order chi connectivity index (χ0) is 10.0. The lowest BCUT2D eigenvalue weighted by atomic mass is 10.1. The van der Waals surface area contributed by atoms with Gasteiger partial charge in [-0.1, -0.05) is 11.6 Å². The molecule has 1 rings (SSSR count). The first-order chi connectivity index (χ1) is 6.02. The summed E-state index contributed by atoms with van der Waals surface area (Å²) in [5, 5.41) is 8.91. The van der Waals surface area contributed by atoms with Crippen molar-refractivity contribution in [2.24, 2.45) is 5.73 Å². The molecule has 1 atom stereocenters. The quantitative estimate of drug-likeness (QED) is 0.709. The van der Waals surface area contributed by atoms with Gasteiger partial charge in [-0.25, -0.2) is 9.78 Å². The highest BCUT2D eigenvalue weighted by Gasteiger charge is 2.10. The summed E-state index contributed by atoms with van der Waals surface area (Å²) in [6.45, 7) is 1.72. The van der Waals surface area contributed by atoms with Gasteiger partial charge in [0.25, 0.3) is 0 Å². The van der Waals surface area contributed by atoms with Crippen molar-refractivity contribution in [3.63, 3.8) is 0 Å². The van der Waals surface area contributed by atoms with Crippen molar-refractivity contribution in [1.82, 2.24) is 4.98 Å². The van der Waals surface area contributed by atoms with Crippen LogP contribution in [0.25, 0.3) is 0 Å². The maximum absolute atomic E-state index is 10.6. The van der Waals surface area contributed by atoms with Crippen LogP contribution in [0.2, 0.25) is 5.15 Å². The van der Waals surface area contributed by atoms with Gasteiger partial charge >= 0.3 is 5.97 Å². The van der Waals surface area contributed by atoms with E-state index in [1.54, 1.807) is 6.92 Å². The molecule has 1 aromatic rings. The Morgan fingerprint density at radius 2 is 2.38 bits per heavy atom. The molecule has 0 aliphatic rings. The van der Waals surface area contributed by atoms with Crippen molar-refractivity contribution >= 4 is 17.6 Å². The van der Waals surface area contributed by atoms with Gasteiger partial charge in [-0.3, -0.25) is 0 Å². The first-order valence-corrected chi connectivity index (χ1v) is 4.04. The zero-order valence-corrected chi connectivity index (χ0v) is 7.75. The van der Waals surface area contributed by atoms with Crippen LogP contribution in [0.3, 0.4) is 0 Å². The van der Waals surface area contributed by atoms with Crippen molar-refractivity contribution in [3.05, 3.63) is 28.5 Å². The van der Waals surface area contributed by atoms with Gasteiger partial charge in [0.05, 0.1) is 5.56 Å². The Labute approximate surface area is 80.3 Å². The monoisotopic (exact) mass is 200 g/mol. The fourth-order valence-electron chi connectivity index (χ4n) is 0.901. The summed E-state index contributed by atoms with van der Waals surface area (Å²) in [4.78, 5) is 14.3. The third-order valence-electron chi connectivity index (χ3n) is 1.60. The number of nitrogens with two attached hydrogens (primary N) is 1. The molecule has 0 spiro atoms. The summed E-state index contributed by atoms with van der Waals surface area (Å²) in [6, 6.07) is 1.11. The molecule has 0 saturated heterocycles. The standard InChI is InChI=1S/C8H9ClN2O2/c1-4(10)6-2-5(8(12)13)3-11-7(6)9/h2-4H,10H2,1H3,(H,12,13). The molecule has 0 saturated carbocycles. The van der Waals surface area contributed by atoms with Gasteiger partial charge in [-0.05, 0) is 13.0 Å². The normalized spacial score (nSPS) is 12.5. The molecule has 5 heteroatoms. The van der Waals surface area contributed by atoms with E-state index in [0.717, 1.165) is 0 Å². The maximum atomic E-state index is 10.6. The first-order valence-electron chi connectivity index (χ1n) is 3.66. The number of carbonyl (C=O) groups is 1. The van der Waals surface area contributed by atoms with E-state index in [2.05, 4.69) is 4.98 Å². The SMILES string of the molecule is CC(N)c1cc(C(=O)O)cnc1Cl. The summed E-state index contributed by atoms with van der Waals surface area (Å²) >= 11 is 5.71. The molecule has 70 valence electrons. The number of aromatic nitrogens is 1. The Morgan fingerprint density at radius 1 is 1.77 bits per heavy atom. The minimum Gasteiger partial charge on any atom is -0.478 e. The molecule has 0 aromatic carbocycles. The predicted molar refractivity (Wildman–Crippen MR) is 48.8 cm³/mol. The number of pyridine rings is 1. The number of hydrogen-bond acceptors (Lipinski definition) is 3. The van der Waals surface area contributed by atoms with Crippen LogP contribution in [-0.2, 0) is 0 Å². The van der Waals surface area contributed by atoms with Gasteiger partial charge in [0, 0.05) is 17.8 Å². The Morgan fingerprint density at radius 3 is 2.85 bits per heavy atom. The van der Waals surface area contributed by atoms with Crippen molar-refractivity contribution in [1.29, 1.82) is 0 Å². The number of nitrogens with zero attached hydrogens (tertiary/aromatic N) is 1. The van der Waals surface area contributed by atoms with Gasteiger partial charge < -0.3 is 10.8 Å². The van der Waals surface area contributed by atoms with Gasteiger partial charge in [0.15, 0.2) is 0 Å². The number of halogens is 1. The molecule has 1 heterocycles. The van der Waals surface area contributed by atoms with Crippen molar-refractivity contribution in [2.45, 2.75) is 13.0 Å². The molecule has 0 fully saturated rings. The van der Waals surface area contributed by atoms with E-state index >= 15 is 0 Å². The molecular weight excluding hydrogens is 192 g/mol. The number of hydrogen-bond donors (Lipinski definition) is 2. The lowest BCUT2D eigenvalue weighted by Crippen LogP contribution is -2.08. The average Bonchev–Trinajstić information content (AvgIpc) is 2.04. The number of carboxylic acids is 1. The van der Waals surface area contributed by atoms with Gasteiger partial charge in [0.1, 0.15) is 5.15 Å². The molecule has 4 nitrogen and oxygen atoms in total. The van der Waals surface area contributed by atoms with Crippen LogP contribution in [0.1, 0.15) is 28.9 Å².